The largest absolute Gasteiger partial charge is 0.493 e. The van der Waals surface area contributed by atoms with Crippen LogP contribution in [0.4, 0.5) is 0 Å². The van der Waals surface area contributed by atoms with Crippen molar-refractivity contribution in [3.05, 3.63) is 29.3 Å². The maximum atomic E-state index is 10.1. The van der Waals surface area contributed by atoms with Gasteiger partial charge in [0.1, 0.15) is 5.75 Å². The van der Waals surface area contributed by atoms with E-state index in [9.17, 15) is 5.11 Å². The average molecular weight is 276 g/mol. The van der Waals surface area contributed by atoms with Crippen molar-refractivity contribution in [3.8, 4) is 5.75 Å². The second-order valence-corrected chi connectivity index (χ2v) is 6.00. The van der Waals surface area contributed by atoms with Crippen LogP contribution < -0.4 is 4.74 Å². The van der Waals surface area contributed by atoms with Gasteiger partial charge in [0.2, 0.25) is 0 Å². The number of aliphatic hydroxyl groups excluding tert-OH is 1. The summed E-state index contributed by atoms with van der Waals surface area (Å²) in [7, 11) is 0. The maximum Gasteiger partial charge on any atom is 0.119 e. The van der Waals surface area contributed by atoms with Crippen molar-refractivity contribution in [2.75, 3.05) is 6.61 Å². The Hall–Kier alpha value is -1.02. The maximum absolute atomic E-state index is 10.1. The van der Waals surface area contributed by atoms with Crippen LogP contribution in [0.1, 0.15) is 69.6 Å². The quantitative estimate of drug-likeness (QED) is 0.785. The Balaban J connectivity index is 1.94. The molecular formula is C18H28O2. The first-order chi connectivity index (χ1) is 9.74. The van der Waals surface area contributed by atoms with E-state index < -0.39 is 0 Å². The van der Waals surface area contributed by atoms with E-state index in [4.69, 9.17) is 4.74 Å². The fraction of sp³-hybridized carbons (Fsp3) is 0.667. The van der Waals surface area contributed by atoms with Crippen molar-refractivity contribution in [1.82, 2.24) is 0 Å². The van der Waals surface area contributed by atoms with Crippen LogP contribution in [0.5, 0.6) is 5.75 Å². The van der Waals surface area contributed by atoms with Crippen LogP contribution in [-0.4, -0.2) is 11.7 Å². The van der Waals surface area contributed by atoms with Gasteiger partial charge in [0.25, 0.3) is 0 Å². The number of hydrogen-bond acceptors (Lipinski definition) is 2. The number of benzene rings is 1. The van der Waals surface area contributed by atoms with Crippen LogP contribution in [0.15, 0.2) is 18.2 Å². The number of fused-ring (bicyclic) bond motifs is 1. The second kappa shape index (κ2) is 7.68. The molecule has 0 radical (unpaired) electrons. The first kappa shape index (κ1) is 15.4. The Morgan fingerprint density at radius 1 is 1.35 bits per heavy atom. The summed E-state index contributed by atoms with van der Waals surface area (Å²) in [4.78, 5) is 0. The molecule has 1 N–H and O–H groups in total. The van der Waals surface area contributed by atoms with Gasteiger partial charge in [-0.2, -0.15) is 0 Å². The van der Waals surface area contributed by atoms with Gasteiger partial charge in [-0.05, 0) is 54.9 Å². The van der Waals surface area contributed by atoms with Crippen LogP contribution >= 0.6 is 0 Å². The Kier molecular flexibility index (Phi) is 5.90. The number of unbranched alkanes of at least 4 members (excludes halogenated alkanes) is 1. The SMILES string of the molecule is CCCCC(CC)COc1ccc2c(c1)[C@@H](O)CCC2. The standard InChI is InChI=1S/C18H28O2/c1-3-5-7-14(4-2)13-20-16-11-10-15-8-6-9-18(19)17(15)12-16/h10-12,14,18-19H,3-9,13H2,1-2H3/t14?,18-/m0/s1. The second-order valence-electron chi connectivity index (χ2n) is 6.00. The third kappa shape index (κ3) is 3.99. The van der Waals surface area contributed by atoms with Gasteiger partial charge in [0.05, 0.1) is 12.7 Å². The smallest absolute Gasteiger partial charge is 0.119 e. The van der Waals surface area contributed by atoms with Gasteiger partial charge in [-0.1, -0.05) is 39.2 Å². The van der Waals surface area contributed by atoms with Crippen LogP contribution in [0.2, 0.25) is 0 Å². The van der Waals surface area contributed by atoms with Gasteiger partial charge in [-0.3, -0.25) is 0 Å². The van der Waals surface area contributed by atoms with Crippen molar-refractivity contribution in [3.63, 3.8) is 0 Å². The highest BCUT2D eigenvalue weighted by atomic mass is 16.5. The predicted octanol–water partition coefficient (Wildman–Crippen LogP) is 4.65. The molecule has 2 heteroatoms. The number of hydrogen-bond donors (Lipinski definition) is 1. The van der Waals surface area contributed by atoms with E-state index in [1.807, 2.05) is 6.07 Å². The first-order valence-electron chi connectivity index (χ1n) is 8.18. The summed E-state index contributed by atoms with van der Waals surface area (Å²) < 4.78 is 5.96. The minimum atomic E-state index is -0.302. The molecular weight excluding hydrogens is 248 g/mol. The number of aryl methyl sites for hydroxylation is 1. The first-order valence-corrected chi connectivity index (χ1v) is 8.18. The van der Waals surface area contributed by atoms with Crippen molar-refractivity contribution < 1.29 is 9.84 Å². The van der Waals surface area contributed by atoms with Crippen molar-refractivity contribution in [2.24, 2.45) is 5.92 Å². The number of ether oxygens (including phenoxy) is 1. The van der Waals surface area contributed by atoms with Crippen molar-refractivity contribution >= 4 is 0 Å². The van der Waals surface area contributed by atoms with E-state index in [0.717, 1.165) is 37.2 Å². The lowest BCUT2D eigenvalue weighted by Gasteiger charge is -2.22. The molecule has 0 heterocycles. The van der Waals surface area contributed by atoms with Gasteiger partial charge in [-0.25, -0.2) is 0 Å². The average Bonchev–Trinajstić information content (AvgIpc) is 2.48. The van der Waals surface area contributed by atoms with E-state index in [-0.39, 0.29) is 6.10 Å². The van der Waals surface area contributed by atoms with Crippen LogP contribution in [0.3, 0.4) is 0 Å². The van der Waals surface area contributed by atoms with E-state index in [1.54, 1.807) is 0 Å². The Morgan fingerprint density at radius 3 is 2.95 bits per heavy atom. The van der Waals surface area contributed by atoms with Gasteiger partial charge in [0, 0.05) is 0 Å². The molecule has 0 bridgehead atoms. The third-order valence-electron chi connectivity index (χ3n) is 4.43. The van der Waals surface area contributed by atoms with E-state index in [2.05, 4.69) is 26.0 Å². The summed E-state index contributed by atoms with van der Waals surface area (Å²) in [5.41, 5.74) is 2.37. The topological polar surface area (TPSA) is 29.5 Å². The zero-order valence-corrected chi connectivity index (χ0v) is 12.9. The minimum absolute atomic E-state index is 0.302. The summed E-state index contributed by atoms with van der Waals surface area (Å²) in [5, 5.41) is 10.1. The van der Waals surface area contributed by atoms with E-state index in [1.165, 1.54) is 31.2 Å². The lowest BCUT2D eigenvalue weighted by atomic mass is 9.89. The summed E-state index contributed by atoms with van der Waals surface area (Å²) in [6, 6.07) is 6.23. The molecule has 0 saturated carbocycles. The molecule has 2 rings (SSSR count). The highest BCUT2D eigenvalue weighted by Gasteiger charge is 2.18. The lowest BCUT2D eigenvalue weighted by molar-refractivity contribution is 0.155. The summed E-state index contributed by atoms with van der Waals surface area (Å²) in [6.07, 6.45) is 7.71. The van der Waals surface area contributed by atoms with Gasteiger partial charge in [0.15, 0.2) is 0 Å². The molecule has 0 spiro atoms. The van der Waals surface area contributed by atoms with Crippen LogP contribution in [-0.2, 0) is 6.42 Å². The molecule has 2 atom stereocenters. The molecule has 1 aliphatic rings. The molecule has 1 unspecified atom stereocenters. The molecule has 0 aromatic heterocycles. The third-order valence-corrected chi connectivity index (χ3v) is 4.43. The van der Waals surface area contributed by atoms with Gasteiger partial charge >= 0.3 is 0 Å². The Labute approximate surface area is 123 Å². The highest BCUT2D eigenvalue weighted by molar-refractivity contribution is 5.38. The normalized spacial score (nSPS) is 19.4. The van der Waals surface area contributed by atoms with Gasteiger partial charge < -0.3 is 9.84 Å². The molecule has 0 fully saturated rings. The Bertz CT molecular complexity index is 414. The number of rotatable bonds is 7. The fourth-order valence-corrected chi connectivity index (χ4v) is 2.95. The molecule has 0 saturated heterocycles. The molecule has 1 aromatic rings. The van der Waals surface area contributed by atoms with E-state index >= 15 is 0 Å². The van der Waals surface area contributed by atoms with Crippen LogP contribution in [0.25, 0.3) is 0 Å². The molecule has 0 amide bonds. The lowest BCUT2D eigenvalue weighted by Crippen LogP contribution is -2.13. The summed E-state index contributed by atoms with van der Waals surface area (Å²) in [6.45, 7) is 5.27. The zero-order chi connectivity index (χ0) is 14.4. The monoisotopic (exact) mass is 276 g/mol. The minimum Gasteiger partial charge on any atom is -0.493 e. The molecule has 0 aliphatic heterocycles. The Morgan fingerprint density at radius 2 is 2.20 bits per heavy atom. The van der Waals surface area contributed by atoms with Crippen molar-refractivity contribution in [1.29, 1.82) is 0 Å². The highest BCUT2D eigenvalue weighted by Crippen LogP contribution is 2.32. The molecule has 20 heavy (non-hydrogen) atoms. The molecule has 112 valence electrons. The summed E-state index contributed by atoms with van der Waals surface area (Å²) in [5.74, 6) is 1.57. The zero-order valence-electron chi connectivity index (χ0n) is 12.9. The summed E-state index contributed by atoms with van der Waals surface area (Å²) >= 11 is 0. The molecule has 1 aromatic carbocycles. The van der Waals surface area contributed by atoms with Crippen LogP contribution in [0, 0.1) is 5.92 Å². The van der Waals surface area contributed by atoms with Crippen molar-refractivity contribution in [2.45, 2.75) is 64.9 Å². The predicted molar refractivity (Wildman–Crippen MR) is 83.1 cm³/mol. The molecule has 2 nitrogen and oxygen atoms in total. The number of aliphatic hydroxyl groups is 1. The molecule has 1 aliphatic carbocycles. The fourth-order valence-electron chi connectivity index (χ4n) is 2.95. The van der Waals surface area contributed by atoms with Gasteiger partial charge in [-0.15, -0.1) is 0 Å². The van der Waals surface area contributed by atoms with E-state index in [0.29, 0.717) is 5.92 Å².